The molecule has 0 saturated carbocycles. The van der Waals surface area contributed by atoms with Gasteiger partial charge in [0.15, 0.2) is 0 Å². The number of aliphatic hydroxyl groups is 6. The lowest BCUT2D eigenvalue weighted by molar-refractivity contribution is -0.139. The van der Waals surface area contributed by atoms with E-state index in [1.165, 1.54) is 24.3 Å². The van der Waals surface area contributed by atoms with Crippen LogP contribution in [0.25, 0.3) is 0 Å². The van der Waals surface area contributed by atoms with E-state index in [1.54, 1.807) is 0 Å². The zero-order valence-electron chi connectivity index (χ0n) is 10.7. The van der Waals surface area contributed by atoms with E-state index in [0.717, 1.165) is 0 Å². The third-order valence-electron chi connectivity index (χ3n) is 3.06. The molecule has 7 heteroatoms. The molecule has 0 radical (unpaired) electrons. The molecule has 0 fully saturated rings. The minimum Gasteiger partial charge on any atom is -0.508 e. The Morgan fingerprint density at radius 1 is 0.750 bits per heavy atom. The summed E-state index contributed by atoms with van der Waals surface area (Å²) in [4.78, 5) is 0. The first-order valence-corrected chi connectivity index (χ1v) is 6.16. The SMILES string of the molecule is OC[C@H](O)[C@@H](O)[C@H](O)[C@H](O)C(O)Cc1ccc(O)cc1. The number of hydrogen-bond donors (Lipinski definition) is 7. The van der Waals surface area contributed by atoms with Crippen molar-refractivity contribution in [2.24, 2.45) is 0 Å². The van der Waals surface area contributed by atoms with Gasteiger partial charge in [-0.1, -0.05) is 12.1 Å². The molecule has 1 aromatic rings. The Balaban J connectivity index is 2.61. The van der Waals surface area contributed by atoms with Crippen LogP contribution >= 0.6 is 0 Å². The molecular formula is C13H20O7. The van der Waals surface area contributed by atoms with Crippen LogP contribution in [0.2, 0.25) is 0 Å². The number of phenolic OH excluding ortho intramolecular Hbond substituents is 1. The number of benzene rings is 1. The topological polar surface area (TPSA) is 142 Å². The highest BCUT2D eigenvalue weighted by atomic mass is 16.4. The van der Waals surface area contributed by atoms with Crippen molar-refractivity contribution in [3.8, 4) is 5.75 Å². The molecule has 20 heavy (non-hydrogen) atoms. The predicted octanol–water partition coefficient (Wildman–Crippen LogP) is -2.27. The molecule has 0 aliphatic carbocycles. The maximum Gasteiger partial charge on any atom is 0.115 e. The van der Waals surface area contributed by atoms with Crippen LogP contribution in [0.5, 0.6) is 5.75 Å². The zero-order valence-corrected chi connectivity index (χ0v) is 10.7. The maximum absolute atomic E-state index is 9.79. The monoisotopic (exact) mass is 288 g/mol. The second kappa shape index (κ2) is 7.53. The second-order valence-corrected chi connectivity index (χ2v) is 4.66. The summed E-state index contributed by atoms with van der Waals surface area (Å²) in [6.45, 7) is -0.779. The summed E-state index contributed by atoms with van der Waals surface area (Å²) in [7, 11) is 0. The van der Waals surface area contributed by atoms with Gasteiger partial charge in [0.05, 0.1) is 12.7 Å². The van der Waals surface area contributed by atoms with Crippen molar-refractivity contribution in [3.63, 3.8) is 0 Å². The summed E-state index contributed by atoms with van der Waals surface area (Å²) in [5.74, 6) is 0.0605. The maximum atomic E-state index is 9.79. The zero-order chi connectivity index (χ0) is 15.3. The third kappa shape index (κ3) is 4.41. The molecule has 1 aromatic carbocycles. The lowest BCUT2D eigenvalue weighted by Gasteiger charge is -2.28. The molecule has 0 bridgehead atoms. The van der Waals surface area contributed by atoms with Gasteiger partial charge in [0, 0.05) is 6.42 Å². The van der Waals surface area contributed by atoms with Crippen molar-refractivity contribution in [1.29, 1.82) is 0 Å². The Morgan fingerprint density at radius 2 is 1.25 bits per heavy atom. The molecule has 114 valence electrons. The molecule has 0 aromatic heterocycles. The lowest BCUT2D eigenvalue weighted by atomic mass is 9.95. The molecule has 7 N–H and O–H groups in total. The largest absolute Gasteiger partial charge is 0.508 e. The van der Waals surface area contributed by atoms with Gasteiger partial charge in [0.1, 0.15) is 30.2 Å². The van der Waals surface area contributed by atoms with Gasteiger partial charge < -0.3 is 35.7 Å². The van der Waals surface area contributed by atoms with Crippen LogP contribution < -0.4 is 0 Å². The molecule has 1 unspecified atom stereocenters. The Hall–Kier alpha value is -1.22. The van der Waals surface area contributed by atoms with Crippen LogP contribution in [0.3, 0.4) is 0 Å². The van der Waals surface area contributed by atoms with Crippen molar-refractivity contribution >= 4 is 0 Å². The number of aliphatic hydroxyl groups excluding tert-OH is 6. The normalized spacial score (nSPS) is 19.1. The highest BCUT2D eigenvalue weighted by Gasteiger charge is 2.33. The highest BCUT2D eigenvalue weighted by Crippen LogP contribution is 2.15. The van der Waals surface area contributed by atoms with Crippen LogP contribution in [0.1, 0.15) is 5.56 Å². The summed E-state index contributed by atoms with van der Waals surface area (Å²) < 4.78 is 0. The fourth-order valence-corrected chi connectivity index (χ4v) is 1.76. The molecule has 0 spiro atoms. The third-order valence-corrected chi connectivity index (χ3v) is 3.06. The molecule has 0 heterocycles. The average Bonchev–Trinajstić information content (AvgIpc) is 2.46. The van der Waals surface area contributed by atoms with Gasteiger partial charge in [-0.05, 0) is 17.7 Å². The van der Waals surface area contributed by atoms with Gasteiger partial charge in [-0.2, -0.15) is 0 Å². The molecule has 0 aliphatic heterocycles. The van der Waals surface area contributed by atoms with Crippen molar-refractivity contribution in [3.05, 3.63) is 29.8 Å². The molecule has 1 rings (SSSR count). The van der Waals surface area contributed by atoms with Crippen LogP contribution in [-0.4, -0.2) is 72.9 Å². The number of hydrogen-bond acceptors (Lipinski definition) is 7. The first kappa shape index (κ1) is 16.8. The average molecular weight is 288 g/mol. The van der Waals surface area contributed by atoms with E-state index in [-0.39, 0.29) is 12.2 Å². The predicted molar refractivity (Wildman–Crippen MR) is 68.9 cm³/mol. The van der Waals surface area contributed by atoms with Crippen LogP contribution in [0, 0.1) is 0 Å². The van der Waals surface area contributed by atoms with Crippen molar-refractivity contribution in [2.45, 2.75) is 36.9 Å². The molecule has 0 aliphatic rings. The van der Waals surface area contributed by atoms with E-state index < -0.39 is 37.1 Å². The number of phenols is 1. The minimum atomic E-state index is -1.80. The summed E-state index contributed by atoms with van der Waals surface area (Å²) in [5, 5.41) is 65.5. The van der Waals surface area contributed by atoms with Crippen molar-refractivity contribution in [1.82, 2.24) is 0 Å². The minimum absolute atomic E-state index is 0.0134. The summed E-state index contributed by atoms with van der Waals surface area (Å²) in [5.41, 5.74) is 0.610. The fourth-order valence-electron chi connectivity index (χ4n) is 1.76. The van der Waals surface area contributed by atoms with Crippen molar-refractivity contribution < 1.29 is 35.7 Å². The van der Waals surface area contributed by atoms with E-state index in [2.05, 4.69) is 0 Å². The number of rotatable bonds is 7. The molecular weight excluding hydrogens is 268 g/mol. The van der Waals surface area contributed by atoms with Gasteiger partial charge in [-0.25, -0.2) is 0 Å². The Morgan fingerprint density at radius 3 is 1.75 bits per heavy atom. The van der Waals surface area contributed by atoms with E-state index in [1.807, 2.05) is 0 Å². The lowest BCUT2D eigenvalue weighted by Crippen LogP contribution is -2.50. The van der Waals surface area contributed by atoms with Crippen LogP contribution in [0.4, 0.5) is 0 Å². The quantitative estimate of drug-likeness (QED) is 0.300. The Labute approximate surface area is 116 Å². The van der Waals surface area contributed by atoms with Crippen LogP contribution in [0.15, 0.2) is 24.3 Å². The van der Waals surface area contributed by atoms with Gasteiger partial charge in [-0.15, -0.1) is 0 Å². The molecule has 0 amide bonds. The molecule has 7 nitrogen and oxygen atoms in total. The second-order valence-electron chi connectivity index (χ2n) is 4.66. The highest BCUT2D eigenvalue weighted by molar-refractivity contribution is 5.26. The van der Waals surface area contributed by atoms with Gasteiger partial charge >= 0.3 is 0 Å². The summed E-state index contributed by atoms with van der Waals surface area (Å²) in [6, 6.07) is 5.90. The molecule has 0 saturated heterocycles. The van der Waals surface area contributed by atoms with Crippen molar-refractivity contribution in [2.75, 3.05) is 6.61 Å². The van der Waals surface area contributed by atoms with E-state index in [0.29, 0.717) is 5.56 Å². The van der Waals surface area contributed by atoms with Gasteiger partial charge in [-0.3, -0.25) is 0 Å². The van der Waals surface area contributed by atoms with Crippen LogP contribution in [-0.2, 0) is 6.42 Å². The Bertz CT molecular complexity index is 394. The fraction of sp³-hybridized carbons (Fsp3) is 0.538. The standard InChI is InChI=1S/C13H20O7/c14-6-10(17)12(19)13(20)11(18)9(16)5-7-1-3-8(15)4-2-7/h1-4,9-20H,5-6H2/t9?,10-,11+,12+,13+/m0/s1. The summed E-state index contributed by atoms with van der Waals surface area (Å²) >= 11 is 0. The first-order valence-electron chi connectivity index (χ1n) is 6.16. The Kier molecular flexibility index (Phi) is 6.34. The van der Waals surface area contributed by atoms with E-state index >= 15 is 0 Å². The number of aromatic hydroxyl groups is 1. The smallest absolute Gasteiger partial charge is 0.115 e. The molecule has 5 atom stereocenters. The van der Waals surface area contributed by atoms with Gasteiger partial charge in [0.2, 0.25) is 0 Å². The van der Waals surface area contributed by atoms with E-state index in [4.69, 9.17) is 15.3 Å². The summed E-state index contributed by atoms with van der Waals surface area (Å²) in [6.07, 6.45) is -8.27. The van der Waals surface area contributed by atoms with Gasteiger partial charge in [0.25, 0.3) is 0 Å². The van der Waals surface area contributed by atoms with E-state index in [9.17, 15) is 20.4 Å². The first-order chi connectivity index (χ1) is 9.36.